The highest BCUT2D eigenvalue weighted by atomic mass is 35.5. The molecule has 1 aliphatic rings. The molecule has 1 aromatic carbocycles. The second-order valence-electron chi connectivity index (χ2n) is 5.81. The van der Waals surface area contributed by atoms with Crippen LogP contribution in [-0.2, 0) is 20.9 Å². The molecule has 130 valence electrons. The van der Waals surface area contributed by atoms with Crippen LogP contribution in [0.1, 0.15) is 17.2 Å². The summed E-state index contributed by atoms with van der Waals surface area (Å²) in [7, 11) is 1.67. The zero-order chi connectivity index (χ0) is 17.8. The molecule has 0 bridgehead atoms. The van der Waals surface area contributed by atoms with Gasteiger partial charge in [-0.25, -0.2) is 0 Å². The van der Waals surface area contributed by atoms with Crippen LogP contribution in [0.5, 0.6) is 0 Å². The summed E-state index contributed by atoms with van der Waals surface area (Å²) in [5.41, 5.74) is 1.73. The molecule has 0 radical (unpaired) electrons. The summed E-state index contributed by atoms with van der Waals surface area (Å²) in [4.78, 5) is 30.2. The van der Waals surface area contributed by atoms with Crippen LogP contribution in [0.3, 0.4) is 0 Å². The fourth-order valence-electron chi connectivity index (χ4n) is 2.78. The van der Waals surface area contributed by atoms with Gasteiger partial charge in [0.2, 0.25) is 5.91 Å². The van der Waals surface area contributed by atoms with Crippen molar-refractivity contribution in [2.24, 2.45) is 0 Å². The first-order chi connectivity index (χ1) is 12.1. The van der Waals surface area contributed by atoms with Crippen molar-refractivity contribution < 1.29 is 14.3 Å². The van der Waals surface area contributed by atoms with E-state index in [1.165, 1.54) is 0 Å². The van der Waals surface area contributed by atoms with E-state index < -0.39 is 12.1 Å². The van der Waals surface area contributed by atoms with Crippen molar-refractivity contribution in [1.82, 2.24) is 15.2 Å². The second kappa shape index (κ2) is 7.63. The standard InChI is InChI=1S/C18H18ClN3O3/c1-22-15(23)11-25-17(16(22)13-2-4-14(19)5-3-13)18(24)21-10-12-6-8-20-9-7-12/h2-9,16-17H,10-11H2,1H3,(H,21,24)/t16-,17+/m1/s1. The minimum atomic E-state index is -0.786. The Morgan fingerprint density at radius 1 is 1.28 bits per heavy atom. The lowest BCUT2D eigenvalue weighted by molar-refractivity contribution is -0.162. The smallest absolute Gasteiger partial charge is 0.251 e. The van der Waals surface area contributed by atoms with Crippen LogP contribution in [0.2, 0.25) is 5.02 Å². The number of likely N-dealkylation sites (N-methyl/N-ethyl adjacent to an activating group) is 1. The van der Waals surface area contributed by atoms with E-state index in [-0.39, 0.29) is 18.4 Å². The number of hydrogen-bond acceptors (Lipinski definition) is 4. The number of nitrogens with zero attached hydrogens (tertiary/aromatic N) is 2. The summed E-state index contributed by atoms with van der Waals surface area (Å²) in [6.07, 6.45) is 2.55. The highest BCUT2D eigenvalue weighted by Crippen LogP contribution is 2.30. The highest BCUT2D eigenvalue weighted by Gasteiger charge is 2.39. The van der Waals surface area contributed by atoms with E-state index in [0.29, 0.717) is 11.6 Å². The van der Waals surface area contributed by atoms with Gasteiger partial charge in [-0.3, -0.25) is 14.6 Å². The highest BCUT2D eigenvalue weighted by molar-refractivity contribution is 6.30. The number of nitrogens with one attached hydrogen (secondary N) is 1. The van der Waals surface area contributed by atoms with Crippen molar-refractivity contribution in [1.29, 1.82) is 0 Å². The molecular formula is C18H18ClN3O3. The Morgan fingerprint density at radius 2 is 1.96 bits per heavy atom. The quantitative estimate of drug-likeness (QED) is 0.905. The van der Waals surface area contributed by atoms with Crippen LogP contribution in [0.15, 0.2) is 48.8 Å². The van der Waals surface area contributed by atoms with E-state index in [2.05, 4.69) is 10.3 Å². The number of benzene rings is 1. The van der Waals surface area contributed by atoms with E-state index in [1.54, 1.807) is 48.6 Å². The predicted molar refractivity (Wildman–Crippen MR) is 92.8 cm³/mol. The molecule has 1 fully saturated rings. The van der Waals surface area contributed by atoms with Crippen LogP contribution >= 0.6 is 11.6 Å². The number of hydrogen-bond donors (Lipinski definition) is 1. The molecule has 0 saturated carbocycles. The predicted octanol–water partition coefficient (Wildman–Crippen LogP) is 1.95. The third-order valence-corrected chi connectivity index (χ3v) is 4.42. The van der Waals surface area contributed by atoms with Crippen molar-refractivity contribution >= 4 is 23.4 Å². The van der Waals surface area contributed by atoms with Crippen molar-refractivity contribution in [2.75, 3.05) is 13.7 Å². The minimum Gasteiger partial charge on any atom is -0.356 e. The fourth-order valence-corrected chi connectivity index (χ4v) is 2.91. The van der Waals surface area contributed by atoms with Crippen LogP contribution in [0.4, 0.5) is 0 Å². The Labute approximate surface area is 150 Å². The average molecular weight is 360 g/mol. The molecule has 1 saturated heterocycles. The Bertz CT molecular complexity index is 752. The third kappa shape index (κ3) is 3.97. The molecule has 0 spiro atoms. The summed E-state index contributed by atoms with van der Waals surface area (Å²) >= 11 is 5.94. The lowest BCUT2D eigenvalue weighted by atomic mass is 9.97. The number of ether oxygens (including phenoxy) is 1. The van der Waals surface area contributed by atoms with Gasteiger partial charge in [-0.2, -0.15) is 0 Å². The van der Waals surface area contributed by atoms with Gasteiger partial charge in [0, 0.05) is 31.0 Å². The normalized spacial score (nSPS) is 20.4. The van der Waals surface area contributed by atoms with E-state index >= 15 is 0 Å². The summed E-state index contributed by atoms with van der Waals surface area (Å²) in [6, 6.07) is 10.2. The van der Waals surface area contributed by atoms with Gasteiger partial charge in [0.25, 0.3) is 5.91 Å². The molecule has 1 aliphatic heterocycles. The lowest BCUT2D eigenvalue weighted by Crippen LogP contribution is -2.52. The minimum absolute atomic E-state index is 0.117. The van der Waals surface area contributed by atoms with Crippen molar-refractivity contribution in [3.8, 4) is 0 Å². The van der Waals surface area contributed by atoms with Gasteiger partial charge in [0.05, 0.1) is 6.04 Å². The lowest BCUT2D eigenvalue weighted by Gasteiger charge is -2.38. The summed E-state index contributed by atoms with van der Waals surface area (Å²) in [5, 5.41) is 3.45. The average Bonchev–Trinajstić information content (AvgIpc) is 2.63. The van der Waals surface area contributed by atoms with E-state index in [4.69, 9.17) is 16.3 Å². The molecule has 3 rings (SSSR count). The number of rotatable bonds is 4. The maximum absolute atomic E-state index is 12.7. The molecular weight excluding hydrogens is 342 g/mol. The molecule has 1 N–H and O–H groups in total. The molecule has 25 heavy (non-hydrogen) atoms. The number of halogens is 1. The first-order valence-corrected chi connectivity index (χ1v) is 8.23. The molecule has 2 amide bonds. The van der Waals surface area contributed by atoms with Gasteiger partial charge in [0.15, 0.2) is 6.10 Å². The number of carbonyl (C=O) groups is 2. The summed E-state index contributed by atoms with van der Waals surface area (Å²) < 4.78 is 5.56. The Morgan fingerprint density at radius 3 is 2.64 bits per heavy atom. The maximum atomic E-state index is 12.7. The molecule has 2 atom stereocenters. The maximum Gasteiger partial charge on any atom is 0.251 e. The topological polar surface area (TPSA) is 71.5 Å². The summed E-state index contributed by atoms with van der Waals surface area (Å²) in [5.74, 6) is -0.436. The number of morpholine rings is 1. The Balaban J connectivity index is 1.78. The fraction of sp³-hybridized carbons (Fsp3) is 0.278. The largest absolute Gasteiger partial charge is 0.356 e. The van der Waals surface area contributed by atoms with Crippen LogP contribution < -0.4 is 5.32 Å². The zero-order valence-corrected chi connectivity index (χ0v) is 14.4. The number of amides is 2. The van der Waals surface area contributed by atoms with Crippen LogP contribution in [0, 0.1) is 0 Å². The molecule has 1 aromatic heterocycles. The Hall–Kier alpha value is -2.44. The van der Waals surface area contributed by atoms with Gasteiger partial charge in [-0.05, 0) is 35.4 Å². The van der Waals surface area contributed by atoms with Gasteiger partial charge in [0.1, 0.15) is 6.61 Å². The van der Waals surface area contributed by atoms with Gasteiger partial charge in [-0.1, -0.05) is 23.7 Å². The second-order valence-corrected chi connectivity index (χ2v) is 6.24. The van der Waals surface area contributed by atoms with Crippen molar-refractivity contribution in [2.45, 2.75) is 18.7 Å². The number of aromatic nitrogens is 1. The van der Waals surface area contributed by atoms with Crippen LogP contribution in [-0.4, -0.2) is 41.5 Å². The zero-order valence-electron chi connectivity index (χ0n) is 13.7. The molecule has 7 heteroatoms. The van der Waals surface area contributed by atoms with E-state index in [0.717, 1.165) is 11.1 Å². The van der Waals surface area contributed by atoms with E-state index in [1.807, 2.05) is 12.1 Å². The van der Waals surface area contributed by atoms with Gasteiger partial charge in [-0.15, -0.1) is 0 Å². The third-order valence-electron chi connectivity index (χ3n) is 4.17. The Kier molecular flexibility index (Phi) is 5.31. The first-order valence-electron chi connectivity index (χ1n) is 7.85. The van der Waals surface area contributed by atoms with E-state index in [9.17, 15) is 9.59 Å². The number of carbonyl (C=O) groups excluding carboxylic acids is 2. The summed E-state index contributed by atoms with van der Waals surface area (Å²) in [6.45, 7) is 0.250. The van der Waals surface area contributed by atoms with Crippen LogP contribution in [0.25, 0.3) is 0 Å². The monoisotopic (exact) mass is 359 g/mol. The van der Waals surface area contributed by atoms with Crippen molar-refractivity contribution in [3.05, 3.63) is 64.9 Å². The molecule has 2 aromatic rings. The van der Waals surface area contributed by atoms with Gasteiger partial charge >= 0.3 is 0 Å². The molecule has 6 nitrogen and oxygen atoms in total. The first kappa shape index (κ1) is 17.4. The van der Waals surface area contributed by atoms with Gasteiger partial charge < -0.3 is 15.0 Å². The SMILES string of the molecule is CN1C(=O)CO[C@H](C(=O)NCc2ccncc2)[C@H]1c1ccc(Cl)cc1. The molecule has 0 aliphatic carbocycles. The number of pyridine rings is 1. The molecule has 2 heterocycles. The van der Waals surface area contributed by atoms with Crippen molar-refractivity contribution in [3.63, 3.8) is 0 Å². The molecule has 0 unspecified atom stereocenters.